The van der Waals surface area contributed by atoms with Gasteiger partial charge in [0.25, 0.3) is 0 Å². The minimum absolute atomic E-state index is 0.126. The van der Waals surface area contributed by atoms with Gasteiger partial charge in [0, 0.05) is 42.3 Å². The van der Waals surface area contributed by atoms with E-state index >= 15 is 0 Å². The Morgan fingerprint density at radius 3 is 2.62 bits per heavy atom. The van der Waals surface area contributed by atoms with Gasteiger partial charge in [-0.15, -0.1) is 0 Å². The van der Waals surface area contributed by atoms with Crippen LogP contribution >= 0.6 is 0 Å². The van der Waals surface area contributed by atoms with Crippen LogP contribution in [0.4, 0.5) is 4.39 Å². The van der Waals surface area contributed by atoms with E-state index in [9.17, 15) is 9.18 Å². The molecule has 1 N–H and O–H groups in total. The van der Waals surface area contributed by atoms with Crippen LogP contribution in [0.25, 0.3) is 10.9 Å². The van der Waals surface area contributed by atoms with Crippen molar-refractivity contribution in [1.82, 2.24) is 19.9 Å². The third-order valence-electron chi connectivity index (χ3n) is 4.96. The van der Waals surface area contributed by atoms with Crippen molar-refractivity contribution in [3.8, 4) is 0 Å². The summed E-state index contributed by atoms with van der Waals surface area (Å²) in [6.45, 7) is 2.84. The van der Waals surface area contributed by atoms with Gasteiger partial charge in [-0.3, -0.25) is 14.8 Å². The molecule has 0 unspecified atom stereocenters. The molecule has 1 atom stereocenters. The van der Waals surface area contributed by atoms with Crippen molar-refractivity contribution in [2.24, 2.45) is 0 Å². The normalized spacial score (nSPS) is 12.1. The highest BCUT2D eigenvalue weighted by Crippen LogP contribution is 2.30. The van der Waals surface area contributed by atoms with Gasteiger partial charge in [0.15, 0.2) is 0 Å². The Labute approximate surface area is 168 Å². The van der Waals surface area contributed by atoms with Gasteiger partial charge in [-0.1, -0.05) is 18.2 Å². The van der Waals surface area contributed by atoms with Gasteiger partial charge in [0.1, 0.15) is 5.82 Å². The number of amides is 1. The lowest BCUT2D eigenvalue weighted by atomic mass is 9.98. The summed E-state index contributed by atoms with van der Waals surface area (Å²) in [6.07, 6.45) is 9.17. The number of nitrogens with one attached hydrogen (secondary N) is 1. The lowest BCUT2D eigenvalue weighted by Gasteiger charge is -2.19. The molecule has 0 saturated heterocycles. The zero-order valence-electron chi connectivity index (χ0n) is 16.0. The first-order valence-corrected chi connectivity index (χ1v) is 9.52. The van der Waals surface area contributed by atoms with Gasteiger partial charge in [-0.2, -0.15) is 0 Å². The Morgan fingerprint density at radius 2 is 1.90 bits per heavy atom. The fourth-order valence-electron chi connectivity index (χ4n) is 3.55. The summed E-state index contributed by atoms with van der Waals surface area (Å²) in [4.78, 5) is 21.1. The van der Waals surface area contributed by atoms with Crippen LogP contribution in [0.1, 0.15) is 29.7 Å². The molecular formula is C23H21FN4O. The maximum atomic E-state index is 13.5. The Morgan fingerprint density at radius 1 is 1.10 bits per heavy atom. The van der Waals surface area contributed by atoms with Crippen LogP contribution in [0.15, 0.2) is 73.4 Å². The van der Waals surface area contributed by atoms with Crippen LogP contribution < -0.4 is 5.32 Å². The quantitative estimate of drug-likeness (QED) is 0.542. The van der Waals surface area contributed by atoms with Crippen LogP contribution in [-0.4, -0.2) is 20.4 Å². The molecule has 0 aliphatic rings. The van der Waals surface area contributed by atoms with Crippen LogP contribution in [0.5, 0.6) is 0 Å². The summed E-state index contributed by atoms with van der Waals surface area (Å²) in [5.74, 6) is -0.437. The number of rotatable bonds is 6. The minimum Gasteiger partial charge on any atom is -0.346 e. The Balaban J connectivity index is 1.73. The molecule has 0 aliphatic heterocycles. The standard InChI is InChI=1S/C23H21FN4O/c1-2-28-15-20(19-9-11-26-14-21(19)28)23(17-5-7-18(24)8-6-17)27-22(29)12-16-4-3-10-25-13-16/h3-11,13-15,23H,2,12H2,1H3,(H,27,29)/t23-/m1/s1. The number of aryl methyl sites for hydroxylation is 1. The summed E-state index contributed by atoms with van der Waals surface area (Å²) in [7, 11) is 0. The number of benzene rings is 1. The van der Waals surface area contributed by atoms with E-state index in [1.165, 1.54) is 12.1 Å². The first kappa shape index (κ1) is 18.8. The van der Waals surface area contributed by atoms with Gasteiger partial charge in [-0.05, 0) is 42.3 Å². The lowest BCUT2D eigenvalue weighted by Crippen LogP contribution is -2.30. The van der Waals surface area contributed by atoms with E-state index in [1.54, 1.807) is 30.7 Å². The molecule has 6 heteroatoms. The number of halogens is 1. The molecule has 0 aliphatic carbocycles. The molecule has 0 spiro atoms. The van der Waals surface area contributed by atoms with E-state index in [-0.39, 0.29) is 18.1 Å². The Kier molecular flexibility index (Phi) is 5.33. The van der Waals surface area contributed by atoms with Gasteiger partial charge < -0.3 is 9.88 Å². The molecular weight excluding hydrogens is 367 g/mol. The predicted molar refractivity (Wildman–Crippen MR) is 110 cm³/mol. The number of hydrogen-bond donors (Lipinski definition) is 1. The fraction of sp³-hybridized carbons (Fsp3) is 0.174. The smallest absolute Gasteiger partial charge is 0.225 e. The van der Waals surface area contributed by atoms with Crippen LogP contribution in [0.2, 0.25) is 0 Å². The van der Waals surface area contributed by atoms with Gasteiger partial charge in [-0.25, -0.2) is 4.39 Å². The molecule has 1 amide bonds. The van der Waals surface area contributed by atoms with Crippen molar-refractivity contribution < 1.29 is 9.18 Å². The molecule has 0 radical (unpaired) electrons. The molecule has 1 aromatic carbocycles. The number of nitrogens with zero attached hydrogens (tertiary/aromatic N) is 3. The molecule has 0 saturated carbocycles. The Hall–Kier alpha value is -3.54. The summed E-state index contributed by atoms with van der Waals surface area (Å²) in [5.41, 5.74) is 3.61. The summed E-state index contributed by atoms with van der Waals surface area (Å²) in [5, 5.41) is 4.14. The number of aromatic nitrogens is 3. The average molecular weight is 388 g/mol. The molecule has 0 bridgehead atoms. The van der Waals surface area contributed by atoms with Crippen LogP contribution in [0.3, 0.4) is 0 Å². The molecule has 29 heavy (non-hydrogen) atoms. The van der Waals surface area contributed by atoms with Crippen molar-refractivity contribution in [3.63, 3.8) is 0 Å². The van der Waals surface area contributed by atoms with Crippen molar-refractivity contribution in [2.45, 2.75) is 25.9 Å². The number of carbonyl (C=O) groups excluding carboxylic acids is 1. The van der Waals surface area contributed by atoms with Crippen LogP contribution in [0, 0.1) is 5.82 Å². The van der Waals surface area contributed by atoms with Crippen molar-refractivity contribution in [3.05, 3.63) is 96.0 Å². The van der Waals surface area contributed by atoms with Crippen molar-refractivity contribution in [2.75, 3.05) is 0 Å². The van der Waals surface area contributed by atoms with Crippen molar-refractivity contribution >= 4 is 16.8 Å². The first-order chi connectivity index (χ1) is 14.2. The van der Waals surface area contributed by atoms with Gasteiger partial charge in [0.2, 0.25) is 5.91 Å². The van der Waals surface area contributed by atoms with E-state index in [2.05, 4.69) is 26.8 Å². The van der Waals surface area contributed by atoms with Gasteiger partial charge >= 0.3 is 0 Å². The Bertz CT molecular complexity index is 1120. The second-order valence-electron chi connectivity index (χ2n) is 6.85. The maximum Gasteiger partial charge on any atom is 0.225 e. The first-order valence-electron chi connectivity index (χ1n) is 9.52. The van der Waals surface area contributed by atoms with Gasteiger partial charge in [0.05, 0.1) is 24.2 Å². The van der Waals surface area contributed by atoms with E-state index in [4.69, 9.17) is 0 Å². The van der Waals surface area contributed by atoms with E-state index < -0.39 is 6.04 Å². The van der Waals surface area contributed by atoms with Crippen molar-refractivity contribution in [1.29, 1.82) is 0 Å². The largest absolute Gasteiger partial charge is 0.346 e. The maximum absolute atomic E-state index is 13.5. The lowest BCUT2D eigenvalue weighted by molar-refractivity contribution is -0.120. The molecule has 4 aromatic rings. The molecule has 146 valence electrons. The predicted octanol–water partition coefficient (Wildman–Crippen LogP) is 4.04. The summed E-state index contributed by atoms with van der Waals surface area (Å²) >= 11 is 0. The number of carbonyl (C=O) groups is 1. The third-order valence-corrected chi connectivity index (χ3v) is 4.96. The van der Waals surface area contributed by atoms with E-state index in [0.29, 0.717) is 0 Å². The molecule has 0 fully saturated rings. The van der Waals surface area contributed by atoms with E-state index in [1.807, 2.05) is 30.6 Å². The summed E-state index contributed by atoms with van der Waals surface area (Å²) in [6, 6.07) is 11.5. The highest BCUT2D eigenvalue weighted by molar-refractivity contribution is 5.86. The zero-order chi connectivity index (χ0) is 20.2. The molecule has 5 nitrogen and oxygen atoms in total. The van der Waals surface area contributed by atoms with Crippen LogP contribution in [-0.2, 0) is 17.8 Å². The number of pyridine rings is 2. The number of fused-ring (bicyclic) bond motifs is 1. The average Bonchev–Trinajstić information content (AvgIpc) is 3.12. The number of hydrogen-bond acceptors (Lipinski definition) is 3. The summed E-state index contributed by atoms with van der Waals surface area (Å²) < 4.78 is 15.6. The fourth-order valence-corrected chi connectivity index (χ4v) is 3.55. The SMILES string of the molecule is CCn1cc([C@H](NC(=O)Cc2cccnc2)c2ccc(F)cc2)c2ccncc21. The second kappa shape index (κ2) is 8.22. The molecule has 3 heterocycles. The monoisotopic (exact) mass is 388 g/mol. The third kappa shape index (κ3) is 4.01. The minimum atomic E-state index is -0.405. The zero-order valence-corrected chi connectivity index (χ0v) is 16.0. The van der Waals surface area contributed by atoms with E-state index in [0.717, 1.165) is 34.1 Å². The highest BCUT2D eigenvalue weighted by atomic mass is 19.1. The highest BCUT2D eigenvalue weighted by Gasteiger charge is 2.22. The molecule has 4 rings (SSSR count). The molecule has 3 aromatic heterocycles. The second-order valence-corrected chi connectivity index (χ2v) is 6.85. The topological polar surface area (TPSA) is 59.8 Å².